The molecule has 0 aliphatic rings. The third kappa shape index (κ3) is 4.54. The second kappa shape index (κ2) is 11.2. The van der Waals surface area contributed by atoms with Crippen molar-refractivity contribution in [1.82, 2.24) is 15.0 Å². The van der Waals surface area contributed by atoms with Crippen molar-refractivity contribution >= 4 is 85.0 Å². The highest BCUT2D eigenvalue weighted by atomic mass is 32.1. The molecule has 0 aliphatic heterocycles. The Kier molecular flexibility index (Phi) is 6.26. The van der Waals surface area contributed by atoms with Crippen LogP contribution in [0.5, 0.6) is 0 Å². The first-order valence-electron chi connectivity index (χ1n) is 16.8. The van der Waals surface area contributed by atoms with Gasteiger partial charge in [-0.1, -0.05) is 115 Å². The summed E-state index contributed by atoms with van der Waals surface area (Å²) in [7, 11) is 0. The summed E-state index contributed by atoms with van der Waals surface area (Å²) in [6.07, 6.45) is 0. The third-order valence-corrected chi connectivity index (χ3v) is 12.1. The van der Waals surface area contributed by atoms with Gasteiger partial charge in [-0.2, -0.15) is 0 Å². The summed E-state index contributed by atoms with van der Waals surface area (Å²) >= 11 is 3.68. The molecule has 11 aromatic rings. The minimum atomic E-state index is 0.618. The molecule has 238 valence electrons. The smallest absolute Gasteiger partial charge is 0.164 e. The number of nitrogens with zero attached hydrogens (tertiary/aromatic N) is 3. The van der Waals surface area contributed by atoms with E-state index in [-0.39, 0.29) is 0 Å². The van der Waals surface area contributed by atoms with E-state index in [1.54, 1.807) is 11.3 Å². The number of fused-ring (bicyclic) bond motifs is 9. The average molecular weight is 688 g/mol. The summed E-state index contributed by atoms with van der Waals surface area (Å²) < 4.78 is 11.3. The van der Waals surface area contributed by atoms with Gasteiger partial charge in [-0.05, 0) is 47.5 Å². The van der Waals surface area contributed by atoms with E-state index >= 15 is 0 Å². The summed E-state index contributed by atoms with van der Waals surface area (Å²) in [5, 5.41) is 7.18. The zero-order valence-electron chi connectivity index (χ0n) is 27.0. The van der Waals surface area contributed by atoms with Gasteiger partial charge in [0.1, 0.15) is 11.2 Å². The topological polar surface area (TPSA) is 51.8 Å². The molecule has 0 aliphatic carbocycles. The maximum atomic E-state index is 6.22. The second-order valence-electron chi connectivity index (χ2n) is 12.8. The SMILES string of the molecule is c1ccc(-c2nc(-c3ccc4c(c3)sc3ccc(-c5cccc6c5sc5ccccc56)cc34)nc(-c3cccc4oc5ccccc5c34)n2)cc1. The van der Waals surface area contributed by atoms with Crippen LogP contribution in [0.2, 0.25) is 0 Å². The zero-order chi connectivity index (χ0) is 33.5. The number of para-hydroxylation sites is 1. The molecule has 6 heteroatoms. The number of thiophene rings is 2. The van der Waals surface area contributed by atoms with Crippen LogP contribution in [0.3, 0.4) is 0 Å². The standard InChI is InChI=1S/C45H25N3OS2/c1-2-10-26(11-3-1)43-46-44(48-45(47-43)34-16-9-18-37-41(34)33-13-4-6-17-36(33)49-37)28-20-22-31-35-24-27(21-23-39(35)50-40(31)25-28)29-14-8-15-32-30-12-5-7-19-38(30)51-42(29)32/h1-25H. The van der Waals surface area contributed by atoms with Gasteiger partial charge in [-0.3, -0.25) is 0 Å². The Morgan fingerprint density at radius 1 is 0.373 bits per heavy atom. The molecule has 0 fully saturated rings. The fourth-order valence-electron chi connectivity index (χ4n) is 7.36. The lowest BCUT2D eigenvalue weighted by Gasteiger charge is -2.09. The monoisotopic (exact) mass is 687 g/mol. The van der Waals surface area contributed by atoms with Crippen molar-refractivity contribution in [3.05, 3.63) is 152 Å². The summed E-state index contributed by atoms with van der Waals surface area (Å²) in [6.45, 7) is 0. The van der Waals surface area contributed by atoms with Crippen molar-refractivity contribution in [2.45, 2.75) is 0 Å². The van der Waals surface area contributed by atoms with Crippen LogP contribution in [-0.2, 0) is 0 Å². The highest BCUT2D eigenvalue weighted by molar-refractivity contribution is 7.26. The normalized spacial score (nSPS) is 11.9. The molecule has 0 saturated heterocycles. The van der Waals surface area contributed by atoms with Crippen molar-refractivity contribution in [3.63, 3.8) is 0 Å². The summed E-state index contributed by atoms with van der Waals surface area (Å²) in [6, 6.07) is 53.2. The molecular formula is C45H25N3OS2. The molecule has 0 bridgehead atoms. The van der Waals surface area contributed by atoms with E-state index in [4.69, 9.17) is 19.4 Å². The second-order valence-corrected chi connectivity index (χ2v) is 14.9. The quantitative estimate of drug-likeness (QED) is 0.185. The molecule has 7 aromatic carbocycles. The van der Waals surface area contributed by atoms with Gasteiger partial charge in [0.15, 0.2) is 17.5 Å². The van der Waals surface area contributed by atoms with Crippen LogP contribution < -0.4 is 0 Å². The lowest BCUT2D eigenvalue weighted by Crippen LogP contribution is -2.00. The number of rotatable bonds is 4. The van der Waals surface area contributed by atoms with Gasteiger partial charge < -0.3 is 4.42 Å². The highest BCUT2D eigenvalue weighted by Gasteiger charge is 2.19. The lowest BCUT2D eigenvalue weighted by atomic mass is 10.0. The average Bonchev–Trinajstić information content (AvgIpc) is 3.88. The van der Waals surface area contributed by atoms with Gasteiger partial charge >= 0.3 is 0 Å². The minimum absolute atomic E-state index is 0.618. The van der Waals surface area contributed by atoms with Crippen LogP contribution in [-0.4, -0.2) is 15.0 Å². The first kappa shape index (κ1) is 28.6. The van der Waals surface area contributed by atoms with E-state index in [2.05, 4.69) is 91.0 Å². The summed E-state index contributed by atoms with van der Waals surface area (Å²) in [4.78, 5) is 15.2. The van der Waals surface area contributed by atoms with E-state index in [1.807, 2.05) is 72.0 Å². The molecule has 51 heavy (non-hydrogen) atoms. The van der Waals surface area contributed by atoms with Crippen LogP contribution >= 0.6 is 22.7 Å². The first-order valence-corrected chi connectivity index (χ1v) is 18.5. The Morgan fingerprint density at radius 2 is 1.04 bits per heavy atom. The van der Waals surface area contributed by atoms with Crippen molar-refractivity contribution < 1.29 is 4.42 Å². The number of benzene rings is 7. The number of hydrogen-bond acceptors (Lipinski definition) is 6. The Hall–Kier alpha value is -6.21. The van der Waals surface area contributed by atoms with Gasteiger partial charge in [0.05, 0.1) is 0 Å². The Morgan fingerprint density at radius 3 is 1.96 bits per heavy atom. The van der Waals surface area contributed by atoms with Gasteiger partial charge in [0, 0.05) is 67.8 Å². The summed E-state index contributed by atoms with van der Waals surface area (Å²) in [5.41, 5.74) is 6.98. The molecule has 0 saturated carbocycles. The van der Waals surface area contributed by atoms with Gasteiger partial charge in [-0.15, -0.1) is 22.7 Å². The molecule has 0 radical (unpaired) electrons. The molecule has 4 heterocycles. The predicted molar refractivity (Wildman–Crippen MR) is 215 cm³/mol. The van der Waals surface area contributed by atoms with Crippen LogP contribution in [0.25, 0.3) is 108 Å². The van der Waals surface area contributed by atoms with Gasteiger partial charge in [-0.25, -0.2) is 15.0 Å². The zero-order valence-corrected chi connectivity index (χ0v) is 28.6. The van der Waals surface area contributed by atoms with E-state index in [9.17, 15) is 0 Å². The maximum absolute atomic E-state index is 6.22. The number of aromatic nitrogens is 3. The molecule has 0 atom stereocenters. The van der Waals surface area contributed by atoms with E-state index in [1.165, 1.54) is 51.5 Å². The maximum Gasteiger partial charge on any atom is 0.164 e. The fourth-order valence-corrected chi connectivity index (χ4v) is 9.73. The van der Waals surface area contributed by atoms with Crippen LogP contribution in [0, 0.1) is 0 Å². The molecule has 11 rings (SSSR count). The number of hydrogen-bond donors (Lipinski definition) is 0. The largest absolute Gasteiger partial charge is 0.456 e. The van der Waals surface area contributed by atoms with Gasteiger partial charge in [0.2, 0.25) is 0 Å². The van der Waals surface area contributed by atoms with Crippen molar-refractivity contribution in [1.29, 1.82) is 0 Å². The molecule has 0 unspecified atom stereocenters. The minimum Gasteiger partial charge on any atom is -0.456 e. The highest BCUT2D eigenvalue weighted by Crippen LogP contribution is 2.43. The Balaban J connectivity index is 1.07. The van der Waals surface area contributed by atoms with Gasteiger partial charge in [0.25, 0.3) is 0 Å². The van der Waals surface area contributed by atoms with Crippen molar-refractivity contribution in [2.24, 2.45) is 0 Å². The van der Waals surface area contributed by atoms with Crippen LogP contribution in [0.4, 0.5) is 0 Å². The van der Waals surface area contributed by atoms with E-state index in [0.717, 1.165) is 38.6 Å². The molecule has 4 aromatic heterocycles. The van der Waals surface area contributed by atoms with Crippen molar-refractivity contribution in [2.75, 3.05) is 0 Å². The molecule has 4 nitrogen and oxygen atoms in total. The Labute approximate surface area is 299 Å². The summed E-state index contributed by atoms with van der Waals surface area (Å²) in [5.74, 6) is 1.89. The fraction of sp³-hybridized carbons (Fsp3) is 0. The molecule has 0 amide bonds. The van der Waals surface area contributed by atoms with E-state index in [0.29, 0.717) is 17.5 Å². The third-order valence-electron chi connectivity index (χ3n) is 9.76. The number of furan rings is 1. The van der Waals surface area contributed by atoms with Crippen molar-refractivity contribution in [3.8, 4) is 45.3 Å². The predicted octanol–water partition coefficient (Wildman–Crippen LogP) is 13.2. The molecule has 0 spiro atoms. The molecular weight excluding hydrogens is 663 g/mol. The first-order chi connectivity index (χ1) is 25.2. The van der Waals surface area contributed by atoms with Crippen LogP contribution in [0.1, 0.15) is 0 Å². The Bertz CT molecular complexity index is 3160. The van der Waals surface area contributed by atoms with E-state index < -0.39 is 0 Å². The lowest BCUT2D eigenvalue weighted by molar-refractivity contribution is 0.669. The van der Waals surface area contributed by atoms with Crippen LogP contribution in [0.15, 0.2) is 156 Å². The molecule has 0 N–H and O–H groups in total.